The summed E-state index contributed by atoms with van der Waals surface area (Å²) in [5, 5.41) is 0. The molecule has 0 bridgehead atoms. The Bertz CT molecular complexity index is 825. The number of hydrogen-bond donors (Lipinski definition) is 1. The van der Waals surface area contributed by atoms with Crippen molar-refractivity contribution in [1.29, 1.82) is 0 Å². The van der Waals surface area contributed by atoms with Gasteiger partial charge in [-0.2, -0.15) is 0 Å². The van der Waals surface area contributed by atoms with Crippen molar-refractivity contribution in [3.8, 4) is 0 Å². The number of nitrogens with one attached hydrogen (secondary N) is 1. The first-order chi connectivity index (χ1) is 12.0. The number of aromatic amines is 1. The van der Waals surface area contributed by atoms with Gasteiger partial charge in [0.1, 0.15) is 0 Å². The highest BCUT2D eigenvalue weighted by Crippen LogP contribution is 2.50. The lowest BCUT2D eigenvalue weighted by atomic mass is 9.93. The van der Waals surface area contributed by atoms with Crippen molar-refractivity contribution in [2.75, 3.05) is 4.43 Å². The minimum absolute atomic E-state index is 0.184. The number of nitrogens with zero attached hydrogens (tertiary/aromatic N) is 1. The first-order valence-corrected chi connectivity index (χ1v) is 9.17. The molecule has 1 aromatic rings. The molecule has 1 aliphatic rings. The normalized spacial score (nSPS) is 30.8. The summed E-state index contributed by atoms with van der Waals surface area (Å²) in [6.07, 6.45) is -2.17. The molecule has 0 spiro atoms. The molecule has 26 heavy (non-hydrogen) atoms. The summed E-state index contributed by atoms with van der Waals surface area (Å²) in [6, 6.07) is 1.04. The maximum atomic E-state index is 15.5. The van der Waals surface area contributed by atoms with Gasteiger partial charge in [-0.1, -0.05) is 22.6 Å². The lowest BCUT2D eigenvalue weighted by Crippen LogP contribution is -2.53. The summed E-state index contributed by atoms with van der Waals surface area (Å²) in [6.45, 7) is 3.48. The van der Waals surface area contributed by atoms with E-state index in [-0.39, 0.29) is 6.42 Å². The Labute approximate surface area is 161 Å². The molecular formula is C15H18FIN2O7. The van der Waals surface area contributed by atoms with Crippen LogP contribution in [0.3, 0.4) is 0 Å². The number of esters is 2. The Kier molecular flexibility index (Phi) is 5.90. The number of alkyl halides is 2. The number of halogens is 2. The number of carbonyl (C=O) groups excluding carboxylic acids is 2. The van der Waals surface area contributed by atoms with Crippen LogP contribution in [0.25, 0.3) is 0 Å². The van der Waals surface area contributed by atoms with Gasteiger partial charge in [0.05, 0.1) is 0 Å². The monoisotopic (exact) mass is 484 g/mol. The minimum Gasteiger partial charge on any atom is -0.452 e. The van der Waals surface area contributed by atoms with Crippen LogP contribution < -0.4 is 11.2 Å². The molecule has 0 amide bonds. The standard InChI is InChI=1S/C15H18FIN2O7/c1-8(20)24-11-14(3,25-9(2)21)12(26-15(11,16)5-6-17)19-7-4-10(22)18-13(19)23/h4,7,11-12H,5-6H2,1-3H3,(H,18,22,23)/t11-,12+,14+,15+/m0/s1. The molecule has 1 saturated heterocycles. The lowest BCUT2D eigenvalue weighted by molar-refractivity contribution is -0.203. The molecule has 2 rings (SSSR count). The van der Waals surface area contributed by atoms with E-state index < -0.39 is 47.0 Å². The molecule has 0 unspecified atom stereocenters. The van der Waals surface area contributed by atoms with Gasteiger partial charge in [-0.15, -0.1) is 0 Å². The highest BCUT2D eigenvalue weighted by molar-refractivity contribution is 14.1. The maximum Gasteiger partial charge on any atom is 0.330 e. The number of rotatable bonds is 5. The summed E-state index contributed by atoms with van der Waals surface area (Å²) in [5.41, 5.74) is -3.39. The van der Waals surface area contributed by atoms with Crippen LogP contribution in [-0.4, -0.2) is 43.5 Å². The van der Waals surface area contributed by atoms with E-state index in [9.17, 15) is 19.2 Å². The van der Waals surface area contributed by atoms with E-state index in [2.05, 4.69) is 0 Å². The van der Waals surface area contributed by atoms with Crippen molar-refractivity contribution < 1.29 is 28.2 Å². The second-order valence-corrected chi connectivity index (χ2v) is 7.06. The molecule has 144 valence electrons. The Hall–Kier alpha value is -1.76. The average Bonchev–Trinajstić information content (AvgIpc) is 2.68. The smallest absolute Gasteiger partial charge is 0.330 e. The zero-order chi connectivity index (χ0) is 19.7. The number of H-pyrrole nitrogens is 1. The van der Waals surface area contributed by atoms with Crippen LogP contribution in [-0.2, 0) is 23.8 Å². The molecule has 1 N–H and O–H groups in total. The number of ether oxygens (including phenoxy) is 3. The van der Waals surface area contributed by atoms with Gasteiger partial charge in [0.15, 0.2) is 11.8 Å². The van der Waals surface area contributed by atoms with Crippen molar-refractivity contribution in [3.05, 3.63) is 33.1 Å². The van der Waals surface area contributed by atoms with Gasteiger partial charge in [-0.05, 0) is 6.92 Å². The van der Waals surface area contributed by atoms with Crippen molar-refractivity contribution in [3.63, 3.8) is 0 Å². The average molecular weight is 484 g/mol. The molecular weight excluding hydrogens is 466 g/mol. The second kappa shape index (κ2) is 7.47. The molecule has 1 aromatic heterocycles. The van der Waals surface area contributed by atoms with Crippen molar-refractivity contribution >= 4 is 34.5 Å². The van der Waals surface area contributed by atoms with Crippen LogP contribution in [0.5, 0.6) is 0 Å². The summed E-state index contributed by atoms with van der Waals surface area (Å²) in [7, 11) is 0. The predicted octanol–water partition coefficient (Wildman–Crippen LogP) is 0.810. The van der Waals surface area contributed by atoms with Crippen LogP contribution in [0, 0.1) is 0 Å². The molecule has 2 heterocycles. The van der Waals surface area contributed by atoms with Crippen LogP contribution in [0.2, 0.25) is 0 Å². The van der Waals surface area contributed by atoms with Crippen LogP contribution >= 0.6 is 22.6 Å². The molecule has 0 saturated carbocycles. The zero-order valence-electron chi connectivity index (χ0n) is 14.3. The lowest BCUT2D eigenvalue weighted by Gasteiger charge is -2.34. The van der Waals surface area contributed by atoms with Gasteiger partial charge in [0.2, 0.25) is 6.10 Å². The zero-order valence-corrected chi connectivity index (χ0v) is 16.4. The molecule has 1 aliphatic heterocycles. The van der Waals surface area contributed by atoms with Crippen LogP contribution in [0.15, 0.2) is 21.9 Å². The highest BCUT2D eigenvalue weighted by atomic mass is 127. The largest absolute Gasteiger partial charge is 0.452 e. The van der Waals surface area contributed by atoms with Gasteiger partial charge >= 0.3 is 17.6 Å². The quantitative estimate of drug-likeness (QED) is 0.374. The third kappa shape index (κ3) is 3.82. The van der Waals surface area contributed by atoms with Crippen molar-refractivity contribution in [2.24, 2.45) is 0 Å². The van der Waals surface area contributed by atoms with Gasteiger partial charge < -0.3 is 14.2 Å². The molecule has 4 atom stereocenters. The SMILES string of the molecule is CC(=O)O[C@H]1[C@@](C)(OC(C)=O)[C@H](n2ccc(=O)[nH]c2=O)O[C@]1(F)CCI. The first kappa shape index (κ1) is 20.6. The second-order valence-electron chi connectivity index (χ2n) is 5.98. The van der Waals surface area contributed by atoms with E-state index in [4.69, 9.17) is 14.2 Å². The summed E-state index contributed by atoms with van der Waals surface area (Å²) < 4.78 is 32.5. The van der Waals surface area contributed by atoms with Gasteiger partial charge in [0, 0.05) is 37.0 Å². The van der Waals surface area contributed by atoms with Crippen LogP contribution in [0.4, 0.5) is 4.39 Å². The van der Waals surface area contributed by atoms with Gasteiger partial charge in [-0.3, -0.25) is 23.9 Å². The number of carbonyl (C=O) groups is 2. The summed E-state index contributed by atoms with van der Waals surface area (Å²) >= 11 is 1.92. The molecule has 0 aliphatic carbocycles. The molecule has 9 nitrogen and oxygen atoms in total. The summed E-state index contributed by atoms with van der Waals surface area (Å²) in [5.74, 6) is -4.09. The topological polar surface area (TPSA) is 117 Å². The fourth-order valence-corrected chi connectivity index (χ4v) is 3.71. The van der Waals surface area contributed by atoms with Crippen molar-refractivity contribution in [2.45, 2.75) is 51.0 Å². The predicted molar refractivity (Wildman–Crippen MR) is 94.5 cm³/mol. The fourth-order valence-electron chi connectivity index (χ4n) is 2.97. The van der Waals surface area contributed by atoms with E-state index in [0.29, 0.717) is 4.43 Å². The number of hydrogen-bond acceptors (Lipinski definition) is 7. The van der Waals surface area contributed by atoms with E-state index >= 15 is 4.39 Å². The number of aromatic nitrogens is 2. The third-order valence-electron chi connectivity index (χ3n) is 3.90. The molecule has 0 aromatic carbocycles. The Morgan fingerprint density at radius 3 is 2.54 bits per heavy atom. The van der Waals surface area contributed by atoms with Gasteiger partial charge in [0.25, 0.3) is 11.4 Å². The van der Waals surface area contributed by atoms with Crippen molar-refractivity contribution in [1.82, 2.24) is 9.55 Å². The third-order valence-corrected chi connectivity index (χ3v) is 4.44. The Morgan fingerprint density at radius 2 is 2.04 bits per heavy atom. The molecule has 11 heteroatoms. The first-order valence-electron chi connectivity index (χ1n) is 7.64. The molecule has 1 fully saturated rings. The van der Waals surface area contributed by atoms with Gasteiger partial charge in [-0.25, -0.2) is 9.18 Å². The Balaban J connectivity index is 2.64. The van der Waals surface area contributed by atoms with Crippen LogP contribution in [0.1, 0.15) is 33.4 Å². The van der Waals surface area contributed by atoms with E-state index in [1.54, 1.807) is 0 Å². The maximum absolute atomic E-state index is 15.5. The fraction of sp³-hybridized carbons (Fsp3) is 0.600. The molecule has 0 radical (unpaired) electrons. The van der Waals surface area contributed by atoms with E-state index in [1.165, 1.54) is 6.92 Å². The van der Waals surface area contributed by atoms with E-state index in [0.717, 1.165) is 30.7 Å². The van der Waals surface area contributed by atoms with E-state index in [1.807, 2.05) is 27.6 Å². The Morgan fingerprint density at radius 1 is 1.38 bits per heavy atom. The minimum atomic E-state index is -2.50. The highest BCUT2D eigenvalue weighted by Gasteiger charge is 2.67. The summed E-state index contributed by atoms with van der Waals surface area (Å²) in [4.78, 5) is 48.6.